The van der Waals surface area contributed by atoms with Crippen LogP contribution in [0.25, 0.3) is 0 Å². The number of benzene rings is 2. The van der Waals surface area contributed by atoms with Gasteiger partial charge in [0.25, 0.3) is 0 Å². The molecule has 0 N–H and O–H groups in total. The molecule has 2 saturated heterocycles. The summed E-state index contributed by atoms with van der Waals surface area (Å²) in [6, 6.07) is 16.4. The van der Waals surface area contributed by atoms with Gasteiger partial charge in [0.1, 0.15) is 0 Å². The highest BCUT2D eigenvalue weighted by Gasteiger charge is 2.59. The van der Waals surface area contributed by atoms with E-state index in [0.717, 1.165) is 6.54 Å². The lowest BCUT2D eigenvalue weighted by molar-refractivity contribution is -0.139. The second kappa shape index (κ2) is 7.96. The largest absolute Gasteiger partial charge is 0.348 e. The Kier molecular flexibility index (Phi) is 5.66. The van der Waals surface area contributed by atoms with E-state index in [1.54, 1.807) is 37.2 Å². The van der Waals surface area contributed by atoms with Crippen molar-refractivity contribution in [2.45, 2.75) is 11.4 Å². The standard InChI is InChI=1S/C22H26ClN3O3S/c1-24(2)21(27)22-15-25(12-17-7-4-3-5-8-17)13-18(22)14-26(16-22)30(28,29)20-10-6-9-19(23)11-20/h3-11,18H,12-16H2,1-2H3/t18-,22-/m0/s1. The first-order chi connectivity index (χ1) is 14.2. The summed E-state index contributed by atoms with van der Waals surface area (Å²) in [4.78, 5) is 17.3. The Morgan fingerprint density at radius 3 is 2.50 bits per heavy atom. The summed E-state index contributed by atoms with van der Waals surface area (Å²) < 4.78 is 28.0. The van der Waals surface area contributed by atoms with Gasteiger partial charge >= 0.3 is 0 Å². The lowest BCUT2D eigenvalue weighted by atomic mass is 9.80. The summed E-state index contributed by atoms with van der Waals surface area (Å²) in [5, 5.41) is 0.378. The molecule has 2 fully saturated rings. The third kappa shape index (κ3) is 3.75. The fraction of sp³-hybridized carbons (Fsp3) is 0.409. The van der Waals surface area contributed by atoms with Gasteiger partial charge in [-0.25, -0.2) is 8.42 Å². The van der Waals surface area contributed by atoms with E-state index in [2.05, 4.69) is 17.0 Å². The Hall–Kier alpha value is -1.93. The lowest BCUT2D eigenvalue weighted by Gasteiger charge is -2.31. The maximum atomic E-state index is 13.3. The number of likely N-dealkylation sites (tertiary alicyclic amines) is 1. The smallest absolute Gasteiger partial charge is 0.243 e. The van der Waals surface area contributed by atoms with Gasteiger partial charge in [0.2, 0.25) is 15.9 Å². The van der Waals surface area contributed by atoms with Gasteiger partial charge in [0, 0.05) is 57.8 Å². The van der Waals surface area contributed by atoms with E-state index in [4.69, 9.17) is 11.6 Å². The highest BCUT2D eigenvalue weighted by atomic mass is 35.5. The van der Waals surface area contributed by atoms with Gasteiger partial charge in [0.15, 0.2) is 0 Å². The molecule has 0 radical (unpaired) electrons. The molecule has 160 valence electrons. The van der Waals surface area contributed by atoms with Gasteiger partial charge in [-0.1, -0.05) is 48.0 Å². The Labute approximate surface area is 183 Å². The molecule has 0 spiro atoms. The minimum absolute atomic E-state index is 0.00754. The molecule has 2 aromatic carbocycles. The van der Waals surface area contributed by atoms with Crippen molar-refractivity contribution in [2.75, 3.05) is 40.3 Å². The minimum Gasteiger partial charge on any atom is -0.348 e. The number of fused-ring (bicyclic) bond motifs is 1. The molecule has 0 aromatic heterocycles. The lowest BCUT2D eigenvalue weighted by Crippen LogP contribution is -2.47. The predicted octanol–water partition coefficient (Wildman–Crippen LogP) is 2.55. The normalized spacial score (nSPS) is 24.7. The van der Waals surface area contributed by atoms with Crippen molar-refractivity contribution in [1.29, 1.82) is 0 Å². The first-order valence-electron chi connectivity index (χ1n) is 9.96. The Morgan fingerprint density at radius 1 is 1.10 bits per heavy atom. The summed E-state index contributed by atoms with van der Waals surface area (Å²) in [6.07, 6.45) is 0. The van der Waals surface area contributed by atoms with Crippen LogP contribution in [0.5, 0.6) is 0 Å². The average molecular weight is 448 g/mol. The summed E-state index contributed by atoms with van der Waals surface area (Å²) in [6.45, 7) is 2.51. The van der Waals surface area contributed by atoms with E-state index in [1.165, 1.54) is 15.9 Å². The van der Waals surface area contributed by atoms with Crippen LogP contribution in [0.2, 0.25) is 5.02 Å². The van der Waals surface area contributed by atoms with Gasteiger partial charge in [-0.2, -0.15) is 4.31 Å². The van der Waals surface area contributed by atoms with Crippen LogP contribution in [0.15, 0.2) is 59.5 Å². The van der Waals surface area contributed by atoms with Crippen molar-refractivity contribution >= 4 is 27.5 Å². The molecule has 1 amide bonds. The molecule has 2 aliphatic heterocycles. The van der Waals surface area contributed by atoms with Crippen LogP contribution >= 0.6 is 11.6 Å². The van der Waals surface area contributed by atoms with Gasteiger partial charge in [-0.3, -0.25) is 9.69 Å². The van der Waals surface area contributed by atoms with Crippen molar-refractivity contribution < 1.29 is 13.2 Å². The quantitative estimate of drug-likeness (QED) is 0.706. The number of hydrogen-bond donors (Lipinski definition) is 0. The Balaban J connectivity index is 1.61. The minimum atomic E-state index is -3.72. The molecule has 2 aromatic rings. The third-order valence-corrected chi connectivity index (χ3v) is 8.21. The second-order valence-corrected chi connectivity index (χ2v) is 10.8. The van der Waals surface area contributed by atoms with Crippen LogP contribution in [0, 0.1) is 11.3 Å². The van der Waals surface area contributed by atoms with Crippen LogP contribution in [-0.4, -0.2) is 68.7 Å². The van der Waals surface area contributed by atoms with Crippen molar-refractivity contribution in [1.82, 2.24) is 14.1 Å². The number of carbonyl (C=O) groups excluding carboxylic acids is 1. The van der Waals surface area contributed by atoms with Gasteiger partial charge in [-0.15, -0.1) is 0 Å². The molecule has 2 aliphatic rings. The zero-order valence-electron chi connectivity index (χ0n) is 17.2. The maximum Gasteiger partial charge on any atom is 0.243 e. The number of rotatable bonds is 5. The summed E-state index contributed by atoms with van der Waals surface area (Å²) in [7, 11) is -0.241. The Morgan fingerprint density at radius 2 is 1.83 bits per heavy atom. The number of carbonyl (C=O) groups is 1. The molecule has 0 saturated carbocycles. The average Bonchev–Trinajstić information content (AvgIpc) is 3.23. The number of sulfonamides is 1. The Bertz CT molecular complexity index is 1040. The molecule has 2 heterocycles. The monoisotopic (exact) mass is 447 g/mol. The first-order valence-corrected chi connectivity index (χ1v) is 11.8. The molecule has 6 nitrogen and oxygen atoms in total. The molecule has 0 aliphatic carbocycles. The van der Waals surface area contributed by atoms with Gasteiger partial charge < -0.3 is 4.90 Å². The van der Waals surface area contributed by atoms with E-state index < -0.39 is 15.4 Å². The van der Waals surface area contributed by atoms with E-state index >= 15 is 0 Å². The summed E-state index contributed by atoms with van der Waals surface area (Å²) in [5.74, 6) is -0.0584. The molecule has 30 heavy (non-hydrogen) atoms. The van der Waals surface area contributed by atoms with E-state index in [-0.39, 0.29) is 23.3 Å². The number of hydrogen-bond acceptors (Lipinski definition) is 4. The number of amides is 1. The van der Waals surface area contributed by atoms with E-state index in [9.17, 15) is 13.2 Å². The first kappa shape index (κ1) is 21.3. The molecule has 4 rings (SSSR count). The zero-order valence-corrected chi connectivity index (χ0v) is 18.7. The molecule has 0 unspecified atom stereocenters. The summed E-state index contributed by atoms with van der Waals surface area (Å²) >= 11 is 6.02. The van der Waals surface area contributed by atoms with Crippen molar-refractivity contribution in [3.63, 3.8) is 0 Å². The van der Waals surface area contributed by atoms with Crippen molar-refractivity contribution in [3.8, 4) is 0 Å². The van der Waals surface area contributed by atoms with Crippen LogP contribution in [0.1, 0.15) is 5.56 Å². The topological polar surface area (TPSA) is 60.9 Å². The van der Waals surface area contributed by atoms with Gasteiger partial charge in [0.05, 0.1) is 10.3 Å². The van der Waals surface area contributed by atoms with Crippen LogP contribution in [0.4, 0.5) is 0 Å². The van der Waals surface area contributed by atoms with Crippen molar-refractivity contribution in [3.05, 3.63) is 65.2 Å². The van der Waals surface area contributed by atoms with E-state index in [1.807, 2.05) is 18.2 Å². The molecular weight excluding hydrogens is 422 g/mol. The van der Waals surface area contributed by atoms with Gasteiger partial charge in [-0.05, 0) is 23.8 Å². The second-order valence-electron chi connectivity index (χ2n) is 8.46. The number of halogens is 1. The predicted molar refractivity (Wildman–Crippen MR) is 117 cm³/mol. The zero-order chi connectivity index (χ0) is 21.5. The van der Waals surface area contributed by atoms with E-state index in [0.29, 0.717) is 24.7 Å². The molecule has 0 bridgehead atoms. The number of nitrogens with zero attached hydrogens (tertiary/aromatic N) is 3. The maximum absolute atomic E-state index is 13.3. The SMILES string of the molecule is CN(C)C(=O)[C@]12CN(Cc3ccccc3)C[C@H]1CN(S(=O)(=O)c1cccc(Cl)c1)C2. The van der Waals surface area contributed by atoms with Crippen LogP contribution in [-0.2, 0) is 21.4 Å². The molecule has 2 atom stereocenters. The molecule has 8 heteroatoms. The summed E-state index contributed by atoms with van der Waals surface area (Å²) in [5.41, 5.74) is 0.456. The third-order valence-electron chi connectivity index (χ3n) is 6.16. The highest BCUT2D eigenvalue weighted by Crippen LogP contribution is 2.45. The highest BCUT2D eigenvalue weighted by molar-refractivity contribution is 7.89. The fourth-order valence-corrected chi connectivity index (χ4v) is 6.65. The van der Waals surface area contributed by atoms with Crippen molar-refractivity contribution in [2.24, 2.45) is 11.3 Å². The van der Waals surface area contributed by atoms with Crippen LogP contribution < -0.4 is 0 Å². The fourth-order valence-electron chi connectivity index (χ4n) is 4.79. The molecular formula is C22H26ClN3O3S. The van der Waals surface area contributed by atoms with Crippen LogP contribution in [0.3, 0.4) is 0 Å².